The van der Waals surface area contributed by atoms with E-state index in [2.05, 4.69) is 28.1 Å². The molecule has 3 aromatic rings. The highest BCUT2D eigenvalue weighted by molar-refractivity contribution is 5.75. The van der Waals surface area contributed by atoms with Crippen molar-refractivity contribution in [1.29, 1.82) is 0 Å². The van der Waals surface area contributed by atoms with Gasteiger partial charge in [-0.25, -0.2) is 0 Å². The maximum atomic E-state index is 12.7. The molecule has 0 radical (unpaired) electrons. The van der Waals surface area contributed by atoms with Crippen molar-refractivity contribution in [3.8, 4) is 5.75 Å². The van der Waals surface area contributed by atoms with Crippen LogP contribution in [0.25, 0.3) is 11.8 Å². The molecule has 5 nitrogen and oxygen atoms in total. The summed E-state index contributed by atoms with van der Waals surface area (Å²) in [5.41, 5.74) is 3.85. The monoisotopic (exact) mass is 455 g/mol. The topological polar surface area (TPSA) is 47.4 Å². The Labute approximate surface area is 189 Å². The number of benzene rings is 1. The molecule has 0 bridgehead atoms. The summed E-state index contributed by atoms with van der Waals surface area (Å²) in [6.45, 7) is 0.847. The Hall–Kier alpha value is -3.39. The molecule has 1 aromatic carbocycles. The van der Waals surface area contributed by atoms with Crippen molar-refractivity contribution in [3.05, 3.63) is 93.2 Å². The first-order valence-electron chi connectivity index (χ1n) is 10.5. The Bertz CT molecular complexity index is 1230. The summed E-state index contributed by atoms with van der Waals surface area (Å²) in [5.74, 6) is 0.336. The van der Waals surface area contributed by atoms with Crippen LogP contribution in [0.1, 0.15) is 34.4 Å². The molecule has 0 atom stereocenters. The van der Waals surface area contributed by atoms with Gasteiger partial charge in [-0.15, -0.1) is 0 Å². The third-order valence-corrected chi connectivity index (χ3v) is 5.42. The molecule has 2 heterocycles. The van der Waals surface area contributed by atoms with Gasteiger partial charge in [0.25, 0.3) is 5.56 Å². The Kier molecular flexibility index (Phi) is 6.37. The fourth-order valence-corrected chi connectivity index (χ4v) is 3.81. The minimum Gasteiger partial charge on any atom is -0.487 e. The van der Waals surface area contributed by atoms with Gasteiger partial charge in [0.1, 0.15) is 12.4 Å². The van der Waals surface area contributed by atoms with E-state index < -0.39 is 11.7 Å². The van der Waals surface area contributed by atoms with Crippen LogP contribution >= 0.6 is 0 Å². The van der Waals surface area contributed by atoms with Gasteiger partial charge in [-0.05, 0) is 67.9 Å². The molecule has 33 heavy (non-hydrogen) atoms. The van der Waals surface area contributed by atoms with Gasteiger partial charge in [0.05, 0.1) is 11.3 Å². The zero-order valence-electron chi connectivity index (χ0n) is 18.4. The molecule has 1 aliphatic rings. The number of hydrogen-bond donors (Lipinski definition) is 0. The second-order valence-electron chi connectivity index (χ2n) is 8.30. The lowest BCUT2D eigenvalue weighted by Crippen LogP contribution is -2.19. The fourth-order valence-electron chi connectivity index (χ4n) is 3.81. The van der Waals surface area contributed by atoms with Crippen molar-refractivity contribution in [2.45, 2.75) is 32.2 Å². The Morgan fingerprint density at radius 1 is 1.09 bits per heavy atom. The number of nitrogens with zero attached hydrogens (tertiary/aromatic N) is 3. The van der Waals surface area contributed by atoms with Crippen LogP contribution in [0.4, 0.5) is 13.2 Å². The molecular weight excluding hydrogens is 431 g/mol. The van der Waals surface area contributed by atoms with Crippen LogP contribution in [-0.2, 0) is 25.7 Å². The molecule has 0 spiro atoms. The minimum absolute atomic E-state index is 0.0348. The predicted octanol–water partition coefficient (Wildman–Crippen LogP) is 4.85. The van der Waals surface area contributed by atoms with Gasteiger partial charge in [0, 0.05) is 30.7 Å². The van der Waals surface area contributed by atoms with Crippen LogP contribution in [-0.4, -0.2) is 28.5 Å². The van der Waals surface area contributed by atoms with E-state index in [0.29, 0.717) is 11.4 Å². The van der Waals surface area contributed by atoms with Gasteiger partial charge in [-0.3, -0.25) is 14.3 Å². The molecule has 0 fully saturated rings. The lowest BCUT2D eigenvalue weighted by Gasteiger charge is -2.20. The molecule has 8 heteroatoms. The maximum Gasteiger partial charge on any atom is 0.417 e. The van der Waals surface area contributed by atoms with Crippen LogP contribution in [0.15, 0.2) is 59.7 Å². The Morgan fingerprint density at radius 3 is 2.58 bits per heavy atom. The third kappa shape index (κ3) is 5.51. The lowest BCUT2D eigenvalue weighted by molar-refractivity contribution is -0.137. The van der Waals surface area contributed by atoms with Crippen molar-refractivity contribution < 1.29 is 17.9 Å². The highest BCUT2D eigenvalue weighted by atomic mass is 19.4. The van der Waals surface area contributed by atoms with Gasteiger partial charge < -0.3 is 9.64 Å². The number of pyridine rings is 2. The summed E-state index contributed by atoms with van der Waals surface area (Å²) in [5, 5.41) is 0. The summed E-state index contributed by atoms with van der Waals surface area (Å²) < 4.78 is 45.1. The summed E-state index contributed by atoms with van der Waals surface area (Å²) >= 11 is 0. The fraction of sp³-hybridized carbons (Fsp3) is 0.280. The van der Waals surface area contributed by atoms with Crippen molar-refractivity contribution in [3.63, 3.8) is 0 Å². The molecule has 1 aliphatic carbocycles. The average molecular weight is 455 g/mol. The van der Waals surface area contributed by atoms with Gasteiger partial charge in [-0.1, -0.05) is 18.2 Å². The van der Waals surface area contributed by atoms with Crippen molar-refractivity contribution in [2.75, 3.05) is 14.1 Å². The van der Waals surface area contributed by atoms with Crippen LogP contribution in [0.5, 0.6) is 5.75 Å². The molecule has 0 saturated heterocycles. The smallest absolute Gasteiger partial charge is 0.417 e. The molecule has 0 unspecified atom stereocenters. The predicted molar refractivity (Wildman–Crippen MR) is 121 cm³/mol. The normalized spacial score (nSPS) is 13.6. The number of alkyl halides is 3. The molecule has 0 N–H and O–H groups in total. The lowest BCUT2D eigenvalue weighted by atomic mass is 9.93. The molecule has 4 rings (SSSR count). The van der Waals surface area contributed by atoms with Crippen LogP contribution in [0.3, 0.4) is 0 Å². The van der Waals surface area contributed by atoms with E-state index in [4.69, 9.17) is 4.74 Å². The molecule has 2 aromatic heterocycles. The first-order valence-corrected chi connectivity index (χ1v) is 10.5. The number of aryl methyl sites for hydroxylation is 1. The molecule has 172 valence electrons. The summed E-state index contributed by atoms with van der Waals surface area (Å²) in [6.07, 6.45) is 1.63. The summed E-state index contributed by atoms with van der Waals surface area (Å²) in [4.78, 5) is 18.6. The molecular formula is C25H24F3N3O2. The van der Waals surface area contributed by atoms with E-state index in [1.807, 2.05) is 20.2 Å². The van der Waals surface area contributed by atoms with Crippen molar-refractivity contribution in [2.24, 2.45) is 0 Å². The largest absolute Gasteiger partial charge is 0.487 e. The zero-order chi connectivity index (χ0) is 23.6. The first kappa shape index (κ1) is 22.8. The number of ether oxygens (including phenoxy) is 1. The molecule has 0 amide bonds. The van der Waals surface area contributed by atoms with E-state index in [1.54, 1.807) is 16.8 Å². The quantitative estimate of drug-likeness (QED) is 0.533. The highest BCUT2D eigenvalue weighted by Crippen LogP contribution is 2.29. The van der Waals surface area contributed by atoms with Crippen LogP contribution < -0.4 is 10.3 Å². The SMILES string of the molecule is CN(C)Cc1ccc2c(c1)CCC(n1ccc(OCc3ccc(C(F)(F)F)cn3)cc1=O)=C2. The van der Waals surface area contributed by atoms with E-state index in [9.17, 15) is 18.0 Å². The second kappa shape index (κ2) is 9.23. The number of allylic oxidation sites excluding steroid dienone is 1. The Morgan fingerprint density at radius 2 is 1.91 bits per heavy atom. The highest BCUT2D eigenvalue weighted by Gasteiger charge is 2.30. The van der Waals surface area contributed by atoms with Gasteiger partial charge in [0.2, 0.25) is 0 Å². The second-order valence-corrected chi connectivity index (χ2v) is 8.30. The number of halogens is 3. The van der Waals surface area contributed by atoms with Gasteiger partial charge in [-0.2, -0.15) is 13.2 Å². The molecule has 0 saturated carbocycles. The standard InChI is InChI=1S/C25H24F3N3O2/c1-30(2)15-17-3-4-19-12-22(8-5-18(19)11-17)31-10-9-23(13-24(31)32)33-16-21-7-6-20(14-29-21)25(26,27)28/h3-4,6-7,9-14H,5,8,15-16H2,1-2H3. The van der Waals surface area contributed by atoms with E-state index >= 15 is 0 Å². The summed E-state index contributed by atoms with van der Waals surface area (Å²) in [6, 6.07) is 11.7. The van der Waals surface area contributed by atoms with Crippen LogP contribution in [0.2, 0.25) is 0 Å². The van der Waals surface area contributed by atoms with Crippen molar-refractivity contribution >= 4 is 11.8 Å². The van der Waals surface area contributed by atoms with E-state index in [1.165, 1.54) is 23.3 Å². The van der Waals surface area contributed by atoms with E-state index in [-0.39, 0.29) is 12.2 Å². The van der Waals surface area contributed by atoms with Gasteiger partial charge in [0.15, 0.2) is 0 Å². The average Bonchev–Trinajstić information content (AvgIpc) is 2.77. The number of fused-ring (bicyclic) bond motifs is 1. The van der Waals surface area contributed by atoms with Crippen LogP contribution in [0, 0.1) is 0 Å². The van der Waals surface area contributed by atoms with Crippen molar-refractivity contribution in [1.82, 2.24) is 14.5 Å². The summed E-state index contributed by atoms with van der Waals surface area (Å²) in [7, 11) is 4.08. The number of hydrogen-bond acceptors (Lipinski definition) is 4. The molecule has 0 aliphatic heterocycles. The third-order valence-electron chi connectivity index (χ3n) is 5.42. The number of aromatic nitrogens is 2. The number of rotatable bonds is 6. The zero-order valence-corrected chi connectivity index (χ0v) is 18.4. The van der Waals surface area contributed by atoms with Gasteiger partial charge >= 0.3 is 6.18 Å². The first-order chi connectivity index (χ1) is 15.7. The van der Waals surface area contributed by atoms with E-state index in [0.717, 1.165) is 42.9 Å². The minimum atomic E-state index is -4.43. The Balaban J connectivity index is 1.45. The maximum absolute atomic E-state index is 12.7.